The lowest BCUT2D eigenvalue weighted by Crippen LogP contribution is -2.17. The van der Waals surface area contributed by atoms with Crippen molar-refractivity contribution in [3.63, 3.8) is 0 Å². The first-order valence-corrected chi connectivity index (χ1v) is 5.91. The van der Waals surface area contributed by atoms with Crippen LogP contribution in [0.3, 0.4) is 0 Å². The van der Waals surface area contributed by atoms with Crippen molar-refractivity contribution < 1.29 is 4.74 Å². The molecule has 1 atom stereocenters. The van der Waals surface area contributed by atoms with Crippen LogP contribution in [0, 0.1) is 12.3 Å². The van der Waals surface area contributed by atoms with E-state index < -0.39 is 0 Å². The zero-order chi connectivity index (χ0) is 12.7. The molecule has 0 amide bonds. The number of halogens is 1. The molecule has 1 heterocycles. The van der Waals surface area contributed by atoms with Crippen molar-refractivity contribution in [1.82, 2.24) is 9.97 Å². The number of rotatable bonds is 6. The zero-order valence-electron chi connectivity index (χ0n) is 10.0. The molecule has 1 N–H and O–H groups in total. The molecule has 0 aliphatic carbocycles. The summed E-state index contributed by atoms with van der Waals surface area (Å²) < 4.78 is 5.24. The molecule has 0 fully saturated rings. The highest BCUT2D eigenvalue weighted by Crippen LogP contribution is 2.13. The van der Waals surface area contributed by atoms with E-state index in [4.69, 9.17) is 22.8 Å². The molecule has 0 bridgehead atoms. The summed E-state index contributed by atoms with van der Waals surface area (Å²) in [7, 11) is 0. The minimum absolute atomic E-state index is 0.0547. The third kappa shape index (κ3) is 4.59. The Morgan fingerprint density at radius 2 is 2.29 bits per heavy atom. The van der Waals surface area contributed by atoms with E-state index in [1.807, 2.05) is 13.8 Å². The number of aromatic nitrogens is 2. The normalized spacial score (nSPS) is 11.9. The van der Waals surface area contributed by atoms with Gasteiger partial charge in [0.1, 0.15) is 17.6 Å². The third-order valence-electron chi connectivity index (χ3n) is 2.11. The second-order valence-electron chi connectivity index (χ2n) is 3.40. The summed E-state index contributed by atoms with van der Waals surface area (Å²) in [5.74, 6) is 3.82. The number of terminal acetylenes is 1. The fourth-order valence-corrected chi connectivity index (χ4v) is 1.44. The second kappa shape index (κ2) is 7.10. The highest BCUT2D eigenvalue weighted by Gasteiger charge is 2.06. The lowest BCUT2D eigenvalue weighted by atomic mass is 10.2. The van der Waals surface area contributed by atoms with Gasteiger partial charge in [-0.15, -0.1) is 6.42 Å². The van der Waals surface area contributed by atoms with Gasteiger partial charge in [-0.2, -0.15) is 0 Å². The van der Waals surface area contributed by atoms with Gasteiger partial charge in [-0.3, -0.25) is 0 Å². The lowest BCUT2D eigenvalue weighted by Gasteiger charge is -2.12. The lowest BCUT2D eigenvalue weighted by molar-refractivity contribution is 0.128. The Kier molecular flexibility index (Phi) is 5.75. The largest absolute Gasteiger partial charge is 0.374 e. The third-order valence-corrected chi connectivity index (χ3v) is 2.30. The van der Waals surface area contributed by atoms with E-state index in [2.05, 4.69) is 21.2 Å². The topological polar surface area (TPSA) is 47.0 Å². The molecular weight excluding hydrogens is 238 g/mol. The van der Waals surface area contributed by atoms with Gasteiger partial charge in [-0.25, -0.2) is 9.97 Å². The van der Waals surface area contributed by atoms with Crippen LogP contribution in [0.25, 0.3) is 0 Å². The SMILES string of the molecule is C#CC(CC)Nc1cc(Cl)nc(COCC)n1. The summed E-state index contributed by atoms with van der Waals surface area (Å²) in [5.41, 5.74) is 0. The summed E-state index contributed by atoms with van der Waals surface area (Å²) in [6.45, 7) is 4.87. The molecule has 17 heavy (non-hydrogen) atoms. The Morgan fingerprint density at radius 1 is 1.53 bits per heavy atom. The Labute approximate surface area is 107 Å². The van der Waals surface area contributed by atoms with Gasteiger partial charge in [0.25, 0.3) is 0 Å². The highest BCUT2D eigenvalue weighted by molar-refractivity contribution is 6.29. The molecule has 0 aromatic carbocycles. The van der Waals surface area contributed by atoms with Gasteiger partial charge in [0.2, 0.25) is 0 Å². The first-order chi connectivity index (χ1) is 8.19. The number of hydrogen-bond donors (Lipinski definition) is 1. The summed E-state index contributed by atoms with van der Waals surface area (Å²) in [6.07, 6.45) is 6.19. The molecule has 0 spiro atoms. The van der Waals surface area contributed by atoms with Crippen molar-refractivity contribution in [2.45, 2.75) is 32.9 Å². The molecular formula is C12H16ClN3O. The molecule has 0 aliphatic heterocycles. The number of nitrogens with one attached hydrogen (secondary N) is 1. The van der Waals surface area contributed by atoms with Gasteiger partial charge in [0.05, 0.1) is 6.04 Å². The zero-order valence-corrected chi connectivity index (χ0v) is 10.8. The molecule has 5 heteroatoms. The van der Waals surface area contributed by atoms with Crippen LogP contribution < -0.4 is 5.32 Å². The van der Waals surface area contributed by atoms with Gasteiger partial charge in [0, 0.05) is 12.7 Å². The van der Waals surface area contributed by atoms with Crippen LogP contribution in [0.5, 0.6) is 0 Å². The van der Waals surface area contributed by atoms with Crippen molar-refractivity contribution in [1.29, 1.82) is 0 Å². The number of anilines is 1. The van der Waals surface area contributed by atoms with E-state index in [-0.39, 0.29) is 6.04 Å². The van der Waals surface area contributed by atoms with Gasteiger partial charge in [0.15, 0.2) is 5.82 Å². The summed E-state index contributed by atoms with van der Waals surface area (Å²) >= 11 is 5.90. The van der Waals surface area contributed by atoms with Crippen LogP contribution >= 0.6 is 11.6 Å². The van der Waals surface area contributed by atoms with Crippen molar-refractivity contribution in [2.24, 2.45) is 0 Å². The summed E-state index contributed by atoms with van der Waals surface area (Å²) in [6, 6.07) is 1.60. The Balaban J connectivity index is 2.78. The Hall–Kier alpha value is -1.31. The van der Waals surface area contributed by atoms with Gasteiger partial charge in [-0.05, 0) is 13.3 Å². The van der Waals surface area contributed by atoms with Crippen LogP contribution in [0.15, 0.2) is 6.07 Å². The van der Waals surface area contributed by atoms with Crippen molar-refractivity contribution in [2.75, 3.05) is 11.9 Å². The van der Waals surface area contributed by atoms with Crippen LogP contribution in [-0.2, 0) is 11.3 Å². The summed E-state index contributed by atoms with van der Waals surface area (Å²) in [5, 5.41) is 3.49. The van der Waals surface area contributed by atoms with Crippen LogP contribution in [0.1, 0.15) is 26.1 Å². The second-order valence-corrected chi connectivity index (χ2v) is 3.79. The highest BCUT2D eigenvalue weighted by atomic mass is 35.5. The van der Waals surface area contributed by atoms with E-state index in [0.717, 1.165) is 6.42 Å². The first-order valence-electron chi connectivity index (χ1n) is 5.53. The van der Waals surface area contributed by atoms with Crippen LogP contribution in [-0.4, -0.2) is 22.6 Å². The summed E-state index contributed by atoms with van der Waals surface area (Å²) in [4.78, 5) is 8.35. The molecule has 4 nitrogen and oxygen atoms in total. The molecule has 1 aromatic rings. The van der Waals surface area contributed by atoms with Crippen molar-refractivity contribution in [3.8, 4) is 12.3 Å². The van der Waals surface area contributed by atoms with Gasteiger partial charge >= 0.3 is 0 Å². The van der Waals surface area contributed by atoms with E-state index in [0.29, 0.717) is 30.0 Å². The standard InChI is InChI=1S/C12H16ClN3O/c1-4-9(5-2)14-11-7-10(13)15-12(16-11)8-17-6-3/h1,7,9H,5-6,8H2,2-3H3,(H,14,15,16). The molecule has 0 saturated heterocycles. The Bertz CT molecular complexity index is 403. The van der Waals surface area contributed by atoms with Crippen molar-refractivity contribution >= 4 is 17.4 Å². The predicted molar refractivity (Wildman–Crippen MR) is 68.9 cm³/mol. The average Bonchev–Trinajstić information content (AvgIpc) is 2.32. The average molecular weight is 254 g/mol. The molecule has 0 aliphatic rings. The first kappa shape index (κ1) is 13.8. The maximum absolute atomic E-state index is 5.90. The number of nitrogens with zero attached hydrogens (tertiary/aromatic N) is 2. The minimum Gasteiger partial charge on any atom is -0.374 e. The van der Waals surface area contributed by atoms with Gasteiger partial charge in [-0.1, -0.05) is 24.4 Å². The van der Waals surface area contributed by atoms with Crippen LogP contribution in [0.4, 0.5) is 5.82 Å². The molecule has 1 unspecified atom stereocenters. The molecule has 1 aromatic heterocycles. The van der Waals surface area contributed by atoms with Crippen LogP contribution in [0.2, 0.25) is 5.15 Å². The quantitative estimate of drug-likeness (QED) is 0.625. The van der Waals surface area contributed by atoms with E-state index in [1.54, 1.807) is 6.07 Å². The van der Waals surface area contributed by atoms with E-state index in [1.165, 1.54) is 0 Å². The smallest absolute Gasteiger partial charge is 0.158 e. The minimum atomic E-state index is -0.0547. The van der Waals surface area contributed by atoms with Crippen molar-refractivity contribution in [3.05, 3.63) is 17.0 Å². The Morgan fingerprint density at radius 3 is 2.88 bits per heavy atom. The molecule has 92 valence electrons. The fourth-order valence-electron chi connectivity index (χ4n) is 1.24. The fraction of sp³-hybridized carbons (Fsp3) is 0.500. The molecule has 0 radical (unpaired) electrons. The maximum Gasteiger partial charge on any atom is 0.158 e. The molecule has 1 rings (SSSR count). The number of ether oxygens (including phenoxy) is 1. The number of hydrogen-bond acceptors (Lipinski definition) is 4. The molecule has 0 saturated carbocycles. The van der Waals surface area contributed by atoms with E-state index >= 15 is 0 Å². The monoisotopic (exact) mass is 253 g/mol. The van der Waals surface area contributed by atoms with E-state index in [9.17, 15) is 0 Å². The maximum atomic E-state index is 5.90. The predicted octanol–water partition coefficient (Wildman–Crippen LogP) is 2.49. The van der Waals surface area contributed by atoms with Gasteiger partial charge < -0.3 is 10.1 Å².